The number of halogens is 1. The van der Waals surface area contributed by atoms with Crippen molar-refractivity contribution in [3.8, 4) is 5.75 Å². The molecule has 1 aromatic carbocycles. The number of carbonyl (C=O) groups is 2. The molecule has 0 aliphatic carbocycles. The van der Waals surface area contributed by atoms with Crippen LogP contribution in [-0.4, -0.2) is 30.2 Å². The van der Waals surface area contributed by atoms with Crippen LogP contribution in [0.2, 0.25) is 0 Å². The highest BCUT2D eigenvalue weighted by Gasteiger charge is 2.22. The third-order valence-corrected chi connectivity index (χ3v) is 2.93. The van der Waals surface area contributed by atoms with E-state index in [0.29, 0.717) is 5.76 Å². The number of ether oxygens (including phenoxy) is 2. The highest BCUT2D eigenvalue weighted by atomic mass is 19.1. The van der Waals surface area contributed by atoms with Crippen molar-refractivity contribution in [3.63, 3.8) is 0 Å². The first-order valence-electron chi connectivity index (χ1n) is 6.69. The fourth-order valence-electron chi connectivity index (χ4n) is 1.72. The number of carbonyl (C=O) groups excluding carboxylic acids is 2. The maximum atomic E-state index is 13.8. The highest BCUT2D eigenvalue weighted by Crippen LogP contribution is 2.17. The van der Waals surface area contributed by atoms with Crippen molar-refractivity contribution in [2.45, 2.75) is 20.0 Å². The van der Waals surface area contributed by atoms with Gasteiger partial charge in [0.15, 0.2) is 11.9 Å². The van der Waals surface area contributed by atoms with Gasteiger partial charge in [-0.1, -0.05) is 5.16 Å². The topological polar surface area (TPSA) is 90.7 Å². The average Bonchev–Trinajstić information content (AvgIpc) is 2.91. The monoisotopic (exact) mass is 322 g/mol. The van der Waals surface area contributed by atoms with Crippen molar-refractivity contribution in [3.05, 3.63) is 41.4 Å². The van der Waals surface area contributed by atoms with E-state index in [1.54, 1.807) is 6.92 Å². The fraction of sp³-hybridized carbons (Fsp3) is 0.267. The smallest absolute Gasteiger partial charge is 0.341 e. The maximum Gasteiger partial charge on any atom is 0.341 e. The molecule has 0 saturated carbocycles. The molecule has 1 aromatic heterocycles. The molecule has 1 N–H and O–H groups in total. The molecule has 0 saturated heterocycles. The summed E-state index contributed by atoms with van der Waals surface area (Å²) in [5, 5.41) is 6.00. The van der Waals surface area contributed by atoms with Crippen molar-refractivity contribution in [2.75, 3.05) is 12.4 Å². The van der Waals surface area contributed by atoms with Crippen molar-refractivity contribution in [1.82, 2.24) is 5.16 Å². The second-order valence-electron chi connectivity index (χ2n) is 4.71. The summed E-state index contributed by atoms with van der Waals surface area (Å²) in [6.45, 7) is 3.03. The quantitative estimate of drug-likeness (QED) is 0.850. The Bertz CT molecular complexity index is 728. The second kappa shape index (κ2) is 6.91. The van der Waals surface area contributed by atoms with E-state index >= 15 is 0 Å². The van der Waals surface area contributed by atoms with Crippen molar-refractivity contribution < 1.29 is 28.0 Å². The summed E-state index contributed by atoms with van der Waals surface area (Å²) >= 11 is 0. The van der Waals surface area contributed by atoms with Crippen LogP contribution in [-0.2, 0) is 9.53 Å². The number of nitrogens with one attached hydrogen (secondary N) is 1. The Morgan fingerprint density at radius 3 is 2.65 bits per heavy atom. The van der Waals surface area contributed by atoms with Crippen LogP contribution in [0.4, 0.5) is 10.2 Å². The van der Waals surface area contributed by atoms with Gasteiger partial charge in [0.05, 0.1) is 12.7 Å². The van der Waals surface area contributed by atoms with Crippen LogP contribution in [0.3, 0.4) is 0 Å². The van der Waals surface area contributed by atoms with Crippen LogP contribution < -0.4 is 10.1 Å². The molecule has 1 heterocycles. The van der Waals surface area contributed by atoms with Gasteiger partial charge in [-0.05, 0) is 26.0 Å². The molecule has 2 rings (SSSR count). The Kier molecular flexibility index (Phi) is 4.95. The van der Waals surface area contributed by atoms with Crippen molar-refractivity contribution >= 4 is 17.7 Å². The van der Waals surface area contributed by atoms with Gasteiger partial charge in [0.25, 0.3) is 5.91 Å². The summed E-state index contributed by atoms with van der Waals surface area (Å²) in [5.41, 5.74) is -0.289. The number of aryl methyl sites for hydroxylation is 1. The van der Waals surface area contributed by atoms with Crippen LogP contribution in [0.5, 0.6) is 5.75 Å². The first kappa shape index (κ1) is 16.5. The molecule has 0 radical (unpaired) electrons. The molecule has 122 valence electrons. The van der Waals surface area contributed by atoms with E-state index in [1.807, 2.05) is 0 Å². The Hall–Kier alpha value is -2.90. The Labute approximate surface area is 131 Å². The van der Waals surface area contributed by atoms with Gasteiger partial charge < -0.3 is 19.3 Å². The van der Waals surface area contributed by atoms with E-state index in [9.17, 15) is 14.0 Å². The molecule has 0 fully saturated rings. The molecule has 1 amide bonds. The molecular formula is C15H15FN2O5. The minimum atomic E-state index is -1.14. The molecule has 0 spiro atoms. The van der Waals surface area contributed by atoms with Gasteiger partial charge in [0.1, 0.15) is 17.3 Å². The maximum absolute atomic E-state index is 13.8. The first-order chi connectivity index (χ1) is 10.9. The number of amides is 1. The molecule has 7 nitrogen and oxygen atoms in total. The zero-order valence-electron chi connectivity index (χ0n) is 12.8. The van der Waals surface area contributed by atoms with Gasteiger partial charge >= 0.3 is 5.97 Å². The third kappa shape index (κ3) is 4.06. The van der Waals surface area contributed by atoms with Crippen LogP contribution in [0.15, 0.2) is 28.8 Å². The summed E-state index contributed by atoms with van der Waals surface area (Å²) in [6, 6.07) is 5.21. The van der Waals surface area contributed by atoms with Gasteiger partial charge in [-0.25, -0.2) is 9.18 Å². The number of rotatable bonds is 5. The van der Waals surface area contributed by atoms with Gasteiger partial charge in [-0.3, -0.25) is 4.79 Å². The number of hydrogen-bond acceptors (Lipinski definition) is 6. The van der Waals surface area contributed by atoms with Gasteiger partial charge in [0.2, 0.25) is 0 Å². The van der Waals surface area contributed by atoms with Crippen LogP contribution >= 0.6 is 0 Å². The first-order valence-corrected chi connectivity index (χ1v) is 6.69. The van der Waals surface area contributed by atoms with E-state index in [4.69, 9.17) is 14.0 Å². The number of benzene rings is 1. The predicted octanol–water partition coefficient (Wildman–Crippen LogP) is 2.31. The lowest BCUT2D eigenvalue weighted by Gasteiger charge is -2.12. The van der Waals surface area contributed by atoms with E-state index in [2.05, 4.69) is 10.5 Å². The largest absolute Gasteiger partial charge is 0.497 e. The van der Waals surface area contributed by atoms with E-state index in [0.717, 1.165) is 6.07 Å². The highest BCUT2D eigenvalue weighted by molar-refractivity contribution is 5.96. The molecule has 0 aliphatic heterocycles. The molecule has 8 heteroatoms. The average molecular weight is 322 g/mol. The second-order valence-corrected chi connectivity index (χ2v) is 4.71. The van der Waals surface area contributed by atoms with Gasteiger partial charge in [-0.15, -0.1) is 0 Å². The lowest BCUT2D eigenvalue weighted by Crippen LogP contribution is -2.30. The summed E-state index contributed by atoms with van der Waals surface area (Å²) in [7, 11) is 1.38. The Morgan fingerprint density at radius 2 is 2.09 bits per heavy atom. The molecule has 0 bridgehead atoms. The van der Waals surface area contributed by atoms with E-state index in [-0.39, 0.29) is 17.1 Å². The third-order valence-electron chi connectivity index (χ3n) is 2.93. The fourth-order valence-corrected chi connectivity index (χ4v) is 1.72. The number of aromatic nitrogens is 1. The summed E-state index contributed by atoms with van der Waals surface area (Å²) in [6.07, 6.45) is -1.14. The van der Waals surface area contributed by atoms with E-state index in [1.165, 1.54) is 32.2 Å². The number of esters is 1. The minimum absolute atomic E-state index is 0.200. The lowest BCUT2D eigenvalue weighted by molar-refractivity contribution is -0.123. The molecule has 2 aromatic rings. The van der Waals surface area contributed by atoms with Gasteiger partial charge in [0, 0.05) is 12.1 Å². The molecule has 1 atom stereocenters. The standard InChI is InChI=1S/C15H15FN2O5/c1-8-6-13(18-23-8)17-14(19)9(2)22-15(20)11-5-4-10(21-3)7-12(11)16/h4-7,9H,1-3H3,(H,17,18,19)/t9-/m1/s1. The zero-order valence-corrected chi connectivity index (χ0v) is 12.8. The normalized spacial score (nSPS) is 11.7. The summed E-state index contributed by atoms with van der Waals surface area (Å²) in [4.78, 5) is 23.8. The number of hydrogen-bond donors (Lipinski definition) is 1. The van der Waals surface area contributed by atoms with Crippen molar-refractivity contribution in [1.29, 1.82) is 0 Å². The molecular weight excluding hydrogens is 307 g/mol. The molecule has 0 aliphatic rings. The minimum Gasteiger partial charge on any atom is -0.497 e. The Balaban J connectivity index is 2.00. The lowest BCUT2D eigenvalue weighted by atomic mass is 10.2. The zero-order chi connectivity index (χ0) is 17.0. The van der Waals surface area contributed by atoms with Crippen LogP contribution in [0.1, 0.15) is 23.0 Å². The van der Waals surface area contributed by atoms with Crippen LogP contribution in [0.25, 0.3) is 0 Å². The number of nitrogens with zero attached hydrogens (tertiary/aromatic N) is 1. The molecule has 23 heavy (non-hydrogen) atoms. The summed E-state index contributed by atoms with van der Waals surface area (Å²) < 4.78 is 28.4. The van der Waals surface area contributed by atoms with Crippen molar-refractivity contribution in [2.24, 2.45) is 0 Å². The van der Waals surface area contributed by atoms with Gasteiger partial charge in [-0.2, -0.15) is 0 Å². The predicted molar refractivity (Wildman–Crippen MR) is 77.7 cm³/mol. The summed E-state index contributed by atoms with van der Waals surface area (Å²) in [5.74, 6) is -1.37. The van der Waals surface area contributed by atoms with Crippen LogP contribution in [0, 0.1) is 12.7 Å². The number of methoxy groups -OCH3 is 1. The van der Waals surface area contributed by atoms with E-state index < -0.39 is 23.8 Å². The SMILES string of the molecule is COc1ccc(C(=O)O[C@H](C)C(=O)Nc2cc(C)on2)c(F)c1. The Morgan fingerprint density at radius 1 is 1.35 bits per heavy atom. The molecule has 0 unspecified atom stereocenters. The number of anilines is 1.